The number of hydrogen-bond acceptors (Lipinski definition) is 4. The Morgan fingerprint density at radius 2 is 2.21 bits per heavy atom. The summed E-state index contributed by atoms with van der Waals surface area (Å²) in [5.74, 6) is 0.142. The lowest BCUT2D eigenvalue weighted by Gasteiger charge is -2.12. The maximum absolute atomic E-state index is 11.0. The molecule has 1 N–H and O–H groups in total. The van der Waals surface area contributed by atoms with E-state index in [2.05, 4.69) is 5.32 Å². The molecule has 0 saturated heterocycles. The summed E-state index contributed by atoms with van der Waals surface area (Å²) in [6.45, 7) is 6.94. The third-order valence-corrected chi connectivity index (χ3v) is 1.60. The molecule has 0 aliphatic heterocycles. The van der Waals surface area contributed by atoms with Gasteiger partial charge in [-0.15, -0.1) is 0 Å². The predicted molar refractivity (Wildman–Crippen MR) is 53.5 cm³/mol. The van der Waals surface area contributed by atoms with Crippen molar-refractivity contribution in [3.05, 3.63) is 0 Å². The Hall–Kier alpha value is -1.08. The van der Waals surface area contributed by atoms with E-state index in [-0.39, 0.29) is 12.4 Å². The molecule has 0 saturated carbocycles. The van der Waals surface area contributed by atoms with Gasteiger partial charge < -0.3 is 10.1 Å². The Balaban J connectivity index is 3.80. The van der Waals surface area contributed by atoms with Crippen LogP contribution in [0.25, 0.3) is 0 Å². The van der Waals surface area contributed by atoms with E-state index < -0.39 is 6.04 Å². The fraction of sp³-hybridized carbons (Fsp3) is 0.800. The molecule has 0 aromatic carbocycles. The molecule has 0 amide bonds. The molecule has 0 aliphatic carbocycles. The van der Waals surface area contributed by atoms with Gasteiger partial charge in [0, 0.05) is 0 Å². The Kier molecular flexibility index (Phi) is 6.77. The Bertz CT molecular complexity index is 209. The van der Waals surface area contributed by atoms with Crippen molar-refractivity contribution >= 4 is 5.97 Å². The summed E-state index contributed by atoms with van der Waals surface area (Å²) in [6.07, 6.45) is 0.122. The lowest BCUT2D eigenvalue weighted by molar-refractivity contribution is -0.143. The molecule has 0 aliphatic rings. The van der Waals surface area contributed by atoms with Crippen LogP contribution in [0.5, 0.6) is 0 Å². The average Bonchev–Trinajstić information content (AvgIpc) is 2.12. The van der Waals surface area contributed by atoms with Crippen LogP contribution in [0.2, 0.25) is 0 Å². The summed E-state index contributed by atoms with van der Waals surface area (Å²) in [6, 6.07) is 1.60. The van der Waals surface area contributed by atoms with E-state index >= 15 is 0 Å². The highest BCUT2D eigenvalue weighted by molar-refractivity contribution is 5.70. The summed E-state index contributed by atoms with van der Waals surface area (Å²) >= 11 is 0. The molecular formula is C10H18N2O2. The van der Waals surface area contributed by atoms with Gasteiger partial charge in [-0.1, -0.05) is 13.8 Å². The van der Waals surface area contributed by atoms with E-state index in [9.17, 15) is 4.79 Å². The number of carbonyl (C=O) groups is 1. The number of ether oxygens (including phenoxy) is 1. The largest absolute Gasteiger partial charge is 0.466 e. The van der Waals surface area contributed by atoms with Gasteiger partial charge in [-0.3, -0.25) is 4.79 Å². The van der Waals surface area contributed by atoms with Gasteiger partial charge in [-0.05, 0) is 19.4 Å². The molecule has 0 aromatic rings. The topological polar surface area (TPSA) is 62.1 Å². The smallest absolute Gasteiger partial charge is 0.308 e. The van der Waals surface area contributed by atoms with Gasteiger partial charge in [0.25, 0.3) is 0 Å². The van der Waals surface area contributed by atoms with Crippen LogP contribution in [-0.4, -0.2) is 25.2 Å². The Morgan fingerprint density at radius 1 is 1.57 bits per heavy atom. The van der Waals surface area contributed by atoms with E-state index in [1.165, 1.54) is 0 Å². The quantitative estimate of drug-likeness (QED) is 0.649. The molecule has 1 atom stereocenters. The van der Waals surface area contributed by atoms with E-state index in [4.69, 9.17) is 10.00 Å². The van der Waals surface area contributed by atoms with Crippen molar-refractivity contribution in [2.75, 3.05) is 13.2 Å². The lowest BCUT2D eigenvalue weighted by Crippen LogP contribution is -2.33. The summed E-state index contributed by atoms with van der Waals surface area (Å²) in [7, 11) is 0. The Labute approximate surface area is 85.2 Å². The monoisotopic (exact) mass is 198 g/mol. The van der Waals surface area contributed by atoms with Crippen LogP contribution in [0, 0.1) is 17.2 Å². The second-order valence-electron chi connectivity index (χ2n) is 3.49. The van der Waals surface area contributed by atoms with Crippen LogP contribution < -0.4 is 5.32 Å². The molecule has 4 heteroatoms. The molecule has 0 spiro atoms. The van der Waals surface area contributed by atoms with Crippen LogP contribution in [0.3, 0.4) is 0 Å². The number of hydrogen-bond donors (Lipinski definition) is 1. The highest BCUT2D eigenvalue weighted by atomic mass is 16.5. The van der Waals surface area contributed by atoms with Gasteiger partial charge in [0.2, 0.25) is 0 Å². The molecule has 0 rings (SSSR count). The van der Waals surface area contributed by atoms with E-state index in [0.29, 0.717) is 12.5 Å². The molecule has 0 fully saturated rings. The number of nitriles is 1. The van der Waals surface area contributed by atoms with Crippen LogP contribution in [-0.2, 0) is 9.53 Å². The van der Waals surface area contributed by atoms with Gasteiger partial charge in [0.15, 0.2) is 0 Å². The molecule has 0 radical (unpaired) electrons. The highest BCUT2D eigenvalue weighted by Gasteiger charge is 2.13. The third-order valence-electron chi connectivity index (χ3n) is 1.60. The van der Waals surface area contributed by atoms with Gasteiger partial charge in [-0.2, -0.15) is 5.26 Å². The van der Waals surface area contributed by atoms with Crippen molar-refractivity contribution < 1.29 is 9.53 Å². The van der Waals surface area contributed by atoms with E-state index in [1.54, 1.807) is 6.92 Å². The van der Waals surface area contributed by atoms with E-state index in [1.807, 2.05) is 19.9 Å². The van der Waals surface area contributed by atoms with Gasteiger partial charge in [-0.25, -0.2) is 0 Å². The molecule has 1 unspecified atom stereocenters. The minimum Gasteiger partial charge on any atom is -0.466 e. The van der Waals surface area contributed by atoms with Crippen molar-refractivity contribution in [2.45, 2.75) is 33.2 Å². The standard InChI is InChI=1S/C10H18N2O2/c1-4-14-10(13)5-9(6-11)12-7-8(2)3/h8-9,12H,4-5,7H2,1-3H3. The first kappa shape index (κ1) is 12.9. The minimum atomic E-state index is -0.434. The van der Waals surface area contributed by atoms with Crippen LogP contribution in [0.1, 0.15) is 27.2 Å². The second kappa shape index (κ2) is 7.34. The number of carbonyl (C=O) groups excluding carboxylic acids is 1. The van der Waals surface area contributed by atoms with Crippen LogP contribution in [0.15, 0.2) is 0 Å². The summed E-state index contributed by atoms with van der Waals surface area (Å²) in [5, 5.41) is 11.7. The Morgan fingerprint density at radius 3 is 2.64 bits per heavy atom. The molecule has 0 heterocycles. The first-order valence-corrected chi connectivity index (χ1v) is 4.88. The normalized spacial score (nSPS) is 12.2. The zero-order chi connectivity index (χ0) is 11.0. The molecule has 0 aromatic heterocycles. The van der Waals surface area contributed by atoms with E-state index in [0.717, 1.165) is 6.54 Å². The minimum absolute atomic E-state index is 0.122. The lowest BCUT2D eigenvalue weighted by atomic mass is 10.2. The molecular weight excluding hydrogens is 180 g/mol. The van der Waals surface area contributed by atoms with Gasteiger partial charge in [0.05, 0.1) is 19.1 Å². The van der Waals surface area contributed by atoms with Crippen molar-refractivity contribution in [2.24, 2.45) is 5.92 Å². The second-order valence-corrected chi connectivity index (χ2v) is 3.49. The van der Waals surface area contributed by atoms with Crippen LogP contribution in [0.4, 0.5) is 0 Å². The summed E-state index contributed by atoms with van der Waals surface area (Å²) in [5.41, 5.74) is 0. The molecule has 0 bridgehead atoms. The highest BCUT2D eigenvalue weighted by Crippen LogP contribution is 1.96. The van der Waals surface area contributed by atoms with Gasteiger partial charge in [0.1, 0.15) is 6.04 Å². The number of esters is 1. The average molecular weight is 198 g/mol. The number of rotatable bonds is 6. The zero-order valence-corrected chi connectivity index (χ0v) is 9.04. The predicted octanol–water partition coefficient (Wildman–Crippen LogP) is 1.08. The number of nitrogens with zero attached hydrogens (tertiary/aromatic N) is 1. The molecule has 14 heavy (non-hydrogen) atoms. The first-order chi connectivity index (χ1) is 6.60. The number of nitrogens with one attached hydrogen (secondary N) is 1. The molecule has 4 nitrogen and oxygen atoms in total. The third kappa shape index (κ3) is 6.44. The summed E-state index contributed by atoms with van der Waals surface area (Å²) < 4.78 is 4.75. The van der Waals surface area contributed by atoms with Crippen molar-refractivity contribution in [1.29, 1.82) is 5.26 Å². The maximum Gasteiger partial charge on any atom is 0.308 e. The van der Waals surface area contributed by atoms with Gasteiger partial charge >= 0.3 is 5.97 Å². The van der Waals surface area contributed by atoms with Crippen molar-refractivity contribution in [3.8, 4) is 6.07 Å². The van der Waals surface area contributed by atoms with Crippen molar-refractivity contribution in [1.82, 2.24) is 5.32 Å². The van der Waals surface area contributed by atoms with Crippen molar-refractivity contribution in [3.63, 3.8) is 0 Å². The SMILES string of the molecule is CCOC(=O)CC(C#N)NCC(C)C. The molecule has 80 valence electrons. The maximum atomic E-state index is 11.0. The first-order valence-electron chi connectivity index (χ1n) is 4.88. The fourth-order valence-corrected chi connectivity index (χ4v) is 0.928. The fourth-order valence-electron chi connectivity index (χ4n) is 0.928. The summed E-state index contributed by atoms with van der Waals surface area (Å²) in [4.78, 5) is 11.0. The van der Waals surface area contributed by atoms with Crippen LogP contribution >= 0.6 is 0 Å². The zero-order valence-electron chi connectivity index (χ0n) is 9.04.